The van der Waals surface area contributed by atoms with Gasteiger partial charge in [-0.25, -0.2) is 4.39 Å². The number of carbonyl (C=O) groups is 2. The Labute approximate surface area is 216 Å². The van der Waals surface area contributed by atoms with E-state index < -0.39 is 29.3 Å². The van der Waals surface area contributed by atoms with Crippen LogP contribution in [0.5, 0.6) is 11.5 Å². The molecule has 8 nitrogen and oxygen atoms in total. The molecule has 0 spiro atoms. The third kappa shape index (κ3) is 5.94. The number of hydrogen-bond acceptors (Lipinski definition) is 7. The first kappa shape index (κ1) is 26.6. The first-order valence-electron chi connectivity index (χ1n) is 12.5. The van der Waals surface area contributed by atoms with E-state index in [0.717, 1.165) is 25.7 Å². The molecule has 9 heteroatoms. The lowest BCUT2D eigenvalue weighted by Gasteiger charge is -2.29. The van der Waals surface area contributed by atoms with E-state index in [4.69, 9.17) is 14.2 Å². The molecule has 2 aliphatic heterocycles. The molecule has 198 valence electrons. The van der Waals surface area contributed by atoms with Crippen LogP contribution in [0.4, 0.5) is 4.39 Å². The predicted octanol–water partition coefficient (Wildman–Crippen LogP) is 3.77. The second kappa shape index (κ2) is 11.7. The number of hydrogen-bond donors (Lipinski definition) is 1. The Morgan fingerprint density at radius 2 is 1.81 bits per heavy atom. The van der Waals surface area contributed by atoms with Gasteiger partial charge in [-0.05, 0) is 56.2 Å². The highest BCUT2D eigenvalue weighted by Gasteiger charge is 2.45. The minimum Gasteiger partial charge on any atom is -0.507 e. The molecule has 2 aliphatic rings. The molecule has 4 rings (SSSR count). The van der Waals surface area contributed by atoms with E-state index in [0.29, 0.717) is 37.5 Å². The van der Waals surface area contributed by atoms with Crippen molar-refractivity contribution in [3.63, 3.8) is 0 Å². The molecule has 1 atom stereocenters. The summed E-state index contributed by atoms with van der Waals surface area (Å²) in [6.07, 6.45) is 0.419. The van der Waals surface area contributed by atoms with Gasteiger partial charge in [-0.3, -0.25) is 14.5 Å². The number of amides is 1. The summed E-state index contributed by atoms with van der Waals surface area (Å²) in [5.74, 6) is -1.92. The van der Waals surface area contributed by atoms with Crippen LogP contribution >= 0.6 is 0 Å². The minimum absolute atomic E-state index is 0.0434. The van der Waals surface area contributed by atoms with Gasteiger partial charge in [-0.2, -0.15) is 0 Å². The highest BCUT2D eigenvalue weighted by molar-refractivity contribution is 6.46. The van der Waals surface area contributed by atoms with E-state index in [-0.39, 0.29) is 23.0 Å². The third-order valence-electron chi connectivity index (χ3n) is 6.52. The number of nitrogens with zero attached hydrogens (tertiary/aromatic N) is 2. The van der Waals surface area contributed by atoms with Crippen molar-refractivity contribution in [3.05, 3.63) is 65.0 Å². The zero-order chi connectivity index (χ0) is 26.5. The van der Waals surface area contributed by atoms with Crippen molar-refractivity contribution in [2.24, 2.45) is 0 Å². The average molecular weight is 513 g/mol. The second-order valence-electron chi connectivity index (χ2n) is 9.39. The van der Waals surface area contributed by atoms with Crippen LogP contribution in [0, 0.1) is 5.82 Å². The van der Waals surface area contributed by atoms with E-state index in [1.54, 1.807) is 45.2 Å². The Balaban J connectivity index is 1.68. The number of Topliss-reactive ketones (excluding diaryl/α,β-unsaturated/α-hetero) is 1. The lowest BCUT2D eigenvalue weighted by molar-refractivity contribution is -0.140. The third-order valence-corrected chi connectivity index (χ3v) is 6.52. The molecular weight excluding hydrogens is 479 g/mol. The number of likely N-dealkylation sites (tertiary alicyclic amines) is 1. The van der Waals surface area contributed by atoms with Crippen LogP contribution in [0.25, 0.3) is 5.76 Å². The second-order valence-corrected chi connectivity index (χ2v) is 9.39. The first-order valence-corrected chi connectivity index (χ1v) is 12.5. The Kier molecular flexibility index (Phi) is 8.45. The number of ketones is 1. The summed E-state index contributed by atoms with van der Waals surface area (Å²) < 4.78 is 30.8. The summed E-state index contributed by atoms with van der Waals surface area (Å²) in [5, 5.41) is 11.2. The summed E-state index contributed by atoms with van der Waals surface area (Å²) in [4.78, 5) is 30.1. The largest absolute Gasteiger partial charge is 0.507 e. The van der Waals surface area contributed by atoms with Gasteiger partial charge < -0.3 is 24.2 Å². The van der Waals surface area contributed by atoms with E-state index >= 15 is 0 Å². The van der Waals surface area contributed by atoms with Gasteiger partial charge in [-0.1, -0.05) is 12.1 Å². The maximum absolute atomic E-state index is 14.7. The Morgan fingerprint density at radius 3 is 2.43 bits per heavy atom. The Hall–Kier alpha value is -3.43. The van der Waals surface area contributed by atoms with Crippen molar-refractivity contribution in [1.29, 1.82) is 0 Å². The number of benzene rings is 2. The molecule has 0 unspecified atom stereocenters. The molecule has 0 radical (unpaired) electrons. The molecule has 2 aromatic rings. The fraction of sp³-hybridized carbons (Fsp3) is 0.429. The number of morpholine rings is 1. The zero-order valence-electron chi connectivity index (χ0n) is 21.4. The molecule has 2 saturated heterocycles. The maximum Gasteiger partial charge on any atom is 0.295 e. The lowest BCUT2D eigenvalue weighted by Crippen LogP contribution is -2.38. The lowest BCUT2D eigenvalue weighted by atomic mass is 9.95. The van der Waals surface area contributed by atoms with Crippen LogP contribution < -0.4 is 9.47 Å². The molecule has 37 heavy (non-hydrogen) atoms. The monoisotopic (exact) mass is 512 g/mol. The zero-order valence-corrected chi connectivity index (χ0v) is 21.4. The van der Waals surface area contributed by atoms with Gasteiger partial charge in [0, 0.05) is 31.7 Å². The van der Waals surface area contributed by atoms with E-state index in [9.17, 15) is 19.1 Å². The molecule has 0 aromatic heterocycles. The van der Waals surface area contributed by atoms with Crippen molar-refractivity contribution in [3.8, 4) is 11.5 Å². The highest BCUT2D eigenvalue weighted by Crippen LogP contribution is 2.40. The molecule has 1 N–H and O–H groups in total. The fourth-order valence-electron chi connectivity index (χ4n) is 4.69. The van der Waals surface area contributed by atoms with Crippen LogP contribution in [-0.2, 0) is 14.3 Å². The number of ether oxygens (including phenoxy) is 3. The van der Waals surface area contributed by atoms with Crippen molar-refractivity contribution < 1.29 is 33.3 Å². The Morgan fingerprint density at radius 1 is 1.11 bits per heavy atom. The smallest absolute Gasteiger partial charge is 0.295 e. The summed E-state index contributed by atoms with van der Waals surface area (Å²) >= 11 is 0. The summed E-state index contributed by atoms with van der Waals surface area (Å²) in [6.45, 7) is 7.63. The number of rotatable bonds is 9. The topological polar surface area (TPSA) is 88.5 Å². The number of carbonyl (C=O) groups excluding carboxylic acids is 2. The van der Waals surface area contributed by atoms with Crippen LogP contribution in [0.1, 0.15) is 37.4 Å². The molecule has 0 aliphatic carbocycles. The predicted molar refractivity (Wildman–Crippen MR) is 136 cm³/mol. The van der Waals surface area contributed by atoms with Gasteiger partial charge in [0.05, 0.1) is 38.0 Å². The van der Waals surface area contributed by atoms with Crippen LogP contribution in [0.15, 0.2) is 48.0 Å². The standard InChI is InChI=1S/C28H33FN2O6/c1-18(2)37-23-10-7-20(17-22(23)29)26(32)24-25(19-5-8-21(35-3)9-6-19)31(28(34)27(24)33)12-4-11-30-13-15-36-16-14-30/h5-10,17-18,25,32H,4,11-16H2,1-3H3/t25-/m1/s1. The SMILES string of the molecule is COc1ccc([C@@H]2C(=C(O)c3ccc(OC(C)C)c(F)c3)C(=O)C(=O)N2CCCN2CCOCC2)cc1. The molecule has 0 bridgehead atoms. The van der Waals surface area contributed by atoms with E-state index in [1.807, 2.05) is 0 Å². The molecule has 2 aromatic carbocycles. The number of aliphatic hydroxyl groups is 1. The van der Waals surface area contributed by atoms with Gasteiger partial charge in [0.1, 0.15) is 11.5 Å². The van der Waals surface area contributed by atoms with Crippen LogP contribution in [0.3, 0.4) is 0 Å². The van der Waals surface area contributed by atoms with Gasteiger partial charge in [0.15, 0.2) is 11.6 Å². The van der Waals surface area contributed by atoms with Gasteiger partial charge >= 0.3 is 0 Å². The van der Waals surface area contributed by atoms with Gasteiger partial charge in [-0.15, -0.1) is 0 Å². The minimum atomic E-state index is -0.815. The van der Waals surface area contributed by atoms with Crippen LogP contribution in [-0.4, -0.2) is 79.2 Å². The highest BCUT2D eigenvalue weighted by atomic mass is 19.1. The molecule has 0 saturated carbocycles. The van der Waals surface area contributed by atoms with Crippen molar-refractivity contribution in [2.75, 3.05) is 46.5 Å². The van der Waals surface area contributed by atoms with Gasteiger partial charge in [0.2, 0.25) is 0 Å². The van der Waals surface area contributed by atoms with E-state index in [1.165, 1.54) is 17.0 Å². The fourth-order valence-corrected chi connectivity index (χ4v) is 4.69. The normalized spacial score (nSPS) is 20.0. The number of aliphatic hydroxyl groups excluding tert-OH is 1. The van der Waals surface area contributed by atoms with Crippen LogP contribution in [0.2, 0.25) is 0 Å². The van der Waals surface area contributed by atoms with Crippen molar-refractivity contribution >= 4 is 17.4 Å². The number of halogens is 1. The van der Waals surface area contributed by atoms with E-state index in [2.05, 4.69) is 4.90 Å². The Bertz CT molecular complexity index is 1160. The molecule has 2 heterocycles. The number of methoxy groups -OCH3 is 1. The van der Waals surface area contributed by atoms with Crippen molar-refractivity contribution in [1.82, 2.24) is 9.80 Å². The van der Waals surface area contributed by atoms with Gasteiger partial charge in [0.25, 0.3) is 11.7 Å². The maximum atomic E-state index is 14.7. The first-order chi connectivity index (χ1) is 17.8. The molecule has 2 fully saturated rings. The average Bonchev–Trinajstić information content (AvgIpc) is 3.15. The summed E-state index contributed by atoms with van der Waals surface area (Å²) in [5.41, 5.74) is 0.671. The van der Waals surface area contributed by atoms with Crippen molar-refractivity contribution in [2.45, 2.75) is 32.4 Å². The molecule has 1 amide bonds. The molecular formula is C28H33FN2O6. The summed E-state index contributed by atoms with van der Waals surface area (Å²) in [6, 6.07) is 10.2. The quantitative estimate of drug-likeness (QED) is 0.311. The summed E-state index contributed by atoms with van der Waals surface area (Å²) in [7, 11) is 1.55.